The lowest BCUT2D eigenvalue weighted by atomic mass is 10.0. The molecule has 0 radical (unpaired) electrons. The van der Waals surface area contributed by atoms with Crippen molar-refractivity contribution in [2.75, 3.05) is 6.54 Å². The van der Waals surface area contributed by atoms with Crippen molar-refractivity contribution in [3.63, 3.8) is 0 Å². The zero-order valence-corrected chi connectivity index (χ0v) is 9.45. The van der Waals surface area contributed by atoms with Gasteiger partial charge in [0, 0.05) is 19.0 Å². The first-order valence-corrected chi connectivity index (χ1v) is 5.47. The van der Waals surface area contributed by atoms with Crippen LogP contribution in [0.3, 0.4) is 0 Å². The van der Waals surface area contributed by atoms with Crippen LogP contribution in [0.25, 0.3) is 0 Å². The van der Waals surface area contributed by atoms with Gasteiger partial charge in [-0.05, 0) is 24.5 Å². The summed E-state index contributed by atoms with van der Waals surface area (Å²) in [6.07, 6.45) is 1.01. The van der Waals surface area contributed by atoms with Crippen LogP contribution in [0, 0.1) is 0 Å². The fourth-order valence-electron chi connectivity index (χ4n) is 2.33. The van der Waals surface area contributed by atoms with Gasteiger partial charge >= 0.3 is 0 Å². The summed E-state index contributed by atoms with van der Waals surface area (Å²) in [6.45, 7) is 10.6. The van der Waals surface area contributed by atoms with Crippen LogP contribution in [0.4, 0.5) is 0 Å². The van der Waals surface area contributed by atoms with E-state index < -0.39 is 0 Å². The summed E-state index contributed by atoms with van der Waals surface area (Å²) in [5, 5.41) is 2.38. The van der Waals surface area contributed by atoms with Crippen molar-refractivity contribution in [1.82, 2.24) is 10.2 Å². The van der Waals surface area contributed by atoms with Crippen molar-refractivity contribution >= 4 is 11.8 Å². The molecule has 2 rings (SSSR count). The van der Waals surface area contributed by atoms with E-state index >= 15 is 0 Å². The molecule has 0 aromatic carbocycles. The Labute approximate surface area is 95.0 Å². The molecule has 2 heterocycles. The first kappa shape index (κ1) is 11.1. The molecule has 2 saturated heterocycles. The molecule has 2 aliphatic rings. The second kappa shape index (κ2) is 3.87. The minimum Gasteiger partial charge on any atom is -0.295 e. The Balaban J connectivity index is 2.14. The Bertz CT molecular complexity index is 386. The van der Waals surface area contributed by atoms with E-state index in [1.54, 1.807) is 0 Å². The van der Waals surface area contributed by atoms with E-state index in [9.17, 15) is 9.59 Å². The predicted molar refractivity (Wildman–Crippen MR) is 60.6 cm³/mol. The fraction of sp³-hybridized carbons (Fsp3) is 0.500. The first-order chi connectivity index (χ1) is 7.50. The Morgan fingerprint density at radius 1 is 1.38 bits per heavy atom. The van der Waals surface area contributed by atoms with Crippen molar-refractivity contribution in [2.24, 2.45) is 0 Å². The van der Waals surface area contributed by atoms with Crippen LogP contribution in [0.1, 0.15) is 19.8 Å². The summed E-state index contributed by atoms with van der Waals surface area (Å²) in [5.74, 6) is -0.364. The number of nitrogens with zero attached hydrogens (tertiary/aromatic N) is 1. The maximum absolute atomic E-state index is 11.7. The van der Waals surface area contributed by atoms with Crippen molar-refractivity contribution in [2.45, 2.75) is 31.8 Å². The van der Waals surface area contributed by atoms with Gasteiger partial charge in [-0.25, -0.2) is 0 Å². The van der Waals surface area contributed by atoms with Gasteiger partial charge in [-0.15, -0.1) is 0 Å². The number of carbonyl (C=O) groups is 2. The number of rotatable bonds is 1. The van der Waals surface area contributed by atoms with Crippen LogP contribution in [-0.2, 0) is 9.59 Å². The zero-order chi connectivity index (χ0) is 11.9. The normalized spacial score (nSPS) is 32.1. The molecule has 4 nitrogen and oxygen atoms in total. The Morgan fingerprint density at radius 2 is 2.06 bits per heavy atom. The van der Waals surface area contributed by atoms with Crippen LogP contribution in [0.15, 0.2) is 24.3 Å². The highest BCUT2D eigenvalue weighted by atomic mass is 16.2. The molecule has 2 fully saturated rings. The second-order valence-electron chi connectivity index (χ2n) is 4.44. The summed E-state index contributed by atoms with van der Waals surface area (Å²) >= 11 is 0. The summed E-state index contributed by atoms with van der Waals surface area (Å²) < 4.78 is 0. The number of carbonyl (C=O) groups excluding carboxylic acids is 2. The molecule has 2 unspecified atom stereocenters. The van der Waals surface area contributed by atoms with Gasteiger partial charge in [-0.1, -0.05) is 13.2 Å². The summed E-state index contributed by atoms with van der Waals surface area (Å²) in [6, 6.07) is -0.0832. The van der Waals surface area contributed by atoms with Crippen LogP contribution < -0.4 is 5.32 Å². The standard InChI is InChI=1S/C12H16N2O2/c1-7-6-14(9(3)8(7)2)10-4-5-11(15)13-12(10)16/h9-10H,1-2,4-6H2,3H3,(H,13,15,16). The van der Waals surface area contributed by atoms with Crippen LogP contribution >= 0.6 is 0 Å². The Kier molecular flexibility index (Phi) is 2.68. The highest BCUT2D eigenvalue weighted by Crippen LogP contribution is 2.29. The Hall–Kier alpha value is -1.42. The smallest absolute Gasteiger partial charge is 0.243 e. The molecule has 0 saturated carbocycles. The maximum atomic E-state index is 11.7. The molecule has 86 valence electrons. The number of piperidine rings is 1. The highest BCUT2D eigenvalue weighted by Gasteiger charge is 2.38. The third-order valence-electron chi connectivity index (χ3n) is 3.44. The van der Waals surface area contributed by atoms with Gasteiger partial charge in [0.15, 0.2) is 0 Å². The monoisotopic (exact) mass is 220 g/mol. The van der Waals surface area contributed by atoms with Crippen molar-refractivity contribution in [3.05, 3.63) is 24.3 Å². The minimum absolute atomic E-state index is 0.136. The summed E-state index contributed by atoms with van der Waals surface area (Å²) in [5.41, 5.74) is 1.97. The molecule has 0 bridgehead atoms. The quantitative estimate of drug-likeness (QED) is 0.659. The van der Waals surface area contributed by atoms with Gasteiger partial charge in [-0.2, -0.15) is 0 Å². The number of likely N-dealkylation sites (tertiary alicyclic amines) is 1. The van der Waals surface area contributed by atoms with E-state index in [4.69, 9.17) is 0 Å². The number of nitrogens with one attached hydrogen (secondary N) is 1. The first-order valence-electron chi connectivity index (χ1n) is 5.47. The molecule has 4 heteroatoms. The number of amides is 2. The topological polar surface area (TPSA) is 49.4 Å². The molecule has 0 spiro atoms. The van der Waals surface area contributed by atoms with Crippen molar-refractivity contribution in [3.8, 4) is 0 Å². The zero-order valence-electron chi connectivity index (χ0n) is 9.45. The largest absolute Gasteiger partial charge is 0.295 e. The predicted octanol–water partition coefficient (Wildman–Crippen LogP) is 0.608. The SMILES string of the molecule is C=C1CN(C2CCC(=O)NC2=O)C(C)C1=C. The lowest BCUT2D eigenvalue weighted by molar-refractivity contribution is -0.137. The number of hydrogen-bond donors (Lipinski definition) is 1. The molecule has 0 aliphatic carbocycles. The van der Waals surface area contributed by atoms with E-state index in [0.717, 1.165) is 11.1 Å². The van der Waals surface area contributed by atoms with Crippen LogP contribution in [0.2, 0.25) is 0 Å². The number of imide groups is 1. The van der Waals surface area contributed by atoms with Crippen molar-refractivity contribution < 1.29 is 9.59 Å². The molecular formula is C12H16N2O2. The van der Waals surface area contributed by atoms with E-state index in [1.165, 1.54) is 0 Å². The van der Waals surface area contributed by atoms with Gasteiger partial charge < -0.3 is 0 Å². The van der Waals surface area contributed by atoms with Gasteiger partial charge in [0.2, 0.25) is 11.8 Å². The van der Waals surface area contributed by atoms with Crippen LogP contribution in [0.5, 0.6) is 0 Å². The molecule has 0 aromatic rings. The number of hydrogen-bond acceptors (Lipinski definition) is 3. The molecule has 2 aliphatic heterocycles. The summed E-state index contributed by atoms with van der Waals surface area (Å²) in [4.78, 5) is 24.8. The third kappa shape index (κ3) is 1.69. The van der Waals surface area contributed by atoms with Gasteiger partial charge in [0.1, 0.15) is 0 Å². The fourth-order valence-corrected chi connectivity index (χ4v) is 2.33. The molecule has 2 amide bonds. The third-order valence-corrected chi connectivity index (χ3v) is 3.44. The van der Waals surface area contributed by atoms with Crippen LogP contribution in [-0.4, -0.2) is 35.3 Å². The molecule has 16 heavy (non-hydrogen) atoms. The second-order valence-corrected chi connectivity index (χ2v) is 4.44. The van der Waals surface area contributed by atoms with E-state index in [2.05, 4.69) is 23.4 Å². The van der Waals surface area contributed by atoms with E-state index in [-0.39, 0.29) is 23.9 Å². The molecule has 0 aromatic heterocycles. The van der Waals surface area contributed by atoms with Gasteiger partial charge in [0.25, 0.3) is 0 Å². The van der Waals surface area contributed by atoms with Gasteiger partial charge in [0.05, 0.1) is 6.04 Å². The average Bonchev–Trinajstić information content (AvgIpc) is 2.46. The Morgan fingerprint density at radius 3 is 2.56 bits per heavy atom. The molecule has 1 N–H and O–H groups in total. The minimum atomic E-state index is -0.219. The average molecular weight is 220 g/mol. The molecule has 2 atom stereocenters. The molecular weight excluding hydrogens is 204 g/mol. The lowest BCUT2D eigenvalue weighted by Crippen LogP contribution is -2.53. The lowest BCUT2D eigenvalue weighted by Gasteiger charge is -2.32. The van der Waals surface area contributed by atoms with E-state index in [1.807, 2.05) is 6.92 Å². The van der Waals surface area contributed by atoms with E-state index in [0.29, 0.717) is 19.4 Å². The summed E-state index contributed by atoms with van der Waals surface area (Å²) in [7, 11) is 0. The highest BCUT2D eigenvalue weighted by molar-refractivity contribution is 6.00. The maximum Gasteiger partial charge on any atom is 0.243 e. The van der Waals surface area contributed by atoms with Crippen molar-refractivity contribution in [1.29, 1.82) is 0 Å². The van der Waals surface area contributed by atoms with Gasteiger partial charge in [-0.3, -0.25) is 19.8 Å².